The Kier molecular flexibility index (Phi) is 6.98. The molecule has 0 bridgehead atoms. The van der Waals surface area contributed by atoms with Crippen LogP contribution in [0.1, 0.15) is 29.8 Å². The lowest BCUT2D eigenvalue weighted by molar-refractivity contribution is 0.0955. The number of aromatic amines is 1. The van der Waals surface area contributed by atoms with Crippen molar-refractivity contribution in [1.29, 1.82) is 0 Å². The zero-order valence-corrected chi connectivity index (χ0v) is 18.9. The zero-order chi connectivity index (χ0) is 23.9. The van der Waals surface area contributed by atoms with Crippen LogP contribution in [0, 0.1) is 5.92 Å². The molecule has 0 aliphatic rings. The number of carbonyl (C=O) groups excluding carboxylic acids is 1. The lowest BCUT2D eigenvalue weighted by atomic mass is 10.2. The van der Waals surface area contributed by atoms with Gasteiger partial charge in [0.25, 0.3) is 11.5 Å². The van der Waals surface area contributed by atoms with Crippen molar-refractivity contribution in [2.24, 2.45) is 11.0 Å². The van der Waals surface area contributed by atoms with Crippen LogP contribution in [0.5, 0.6) is 5.75 Å². The fourth-order valence-corrected chi connectivity index (χ4v) is 3.16. The number of rotatable bonds is 8. The lowest BCUT2D eigenvalue weighted by Gasteiger charge is -2.08. The molecule has 4 aromatic rings. The van der Waals surface area contributed by atoms with E-state index < -0.39 is 0 Å². The average molecular weight is 456 g/mol. The van der Waals surface area contributed by atoms with Crippen LogP contribution in [0.4, 0.5) is 11.6 Å². The van der Waals surface area contributed by atoms with Crippen molar-refractivity contribution in [1.82, 2.24) is 15.4 Å². The van der Waals surface area contributed by atoms with Gasteiger partial charge in [-0.2, -0.15) is 5.10 Å². The number of fused-ring (bicyclic) bond motifs is 1. The van der Waals surface area contributed by atoms with Gasteiger partial charge in [-0.25, -0.2) is 10.4 Å². The number of amides is 1. The van der Waals surface area contributed by atoms with Gasteiger partial charge < -0.3 is 10.1 Å². The first-order valence-corrected chi connectivity index (χ1v) is 10.9. The van der Waals surface area contributed by atoms with E-state index in [1.807, 2.05) is 30.3 Å². The molecule has 3 aromatic carbocycles. The Morgan fingerprint density at radius 3 is 2.68 bits per heavy atom. The maximum Gasteiger partial charge on any atom is 0.271 e. The molecule has 1 aromatic heterocycles. The molecule has 0 radical (unpaired) electrons. The van der Waals surface area contributed by atoms with Gasteiger partial charge in [0.1, 0.15) is 5.75 Å². The molecule has 172 valence electrons. The molecule has 0 saturated carbocycles. The first-order chi connectivity index (χ1) is 16.5. The predicted octanol–water partition coefficient (Wildman–Crippen LogP) is 4.47. The number of ether oxygens (including phenoxy) is 1. The highest BCUT2D eigenvalue weighted by Gasteiger charge is 2.06. The summed E-state index contributed by atoms with van der Waals surface area (Å²) in [5, 5.41) is 7.61. The topological polar surface area (TPSA) is 108 Å². The maximum absolute atomic E-state index is 12.4. The van der Waals surface area contributed by atoms with Crippen LogP contribution in [-0.2, 0) is 0 Å². The highest BCUT2D eigenvalue weighted by molar-refractivity contribution is 5.95. The number of hydrogen-bond donors (Lipinski definition) is 3. The second-order valence-electron chi connectivity index (χ2n) is 8.11. The highest BCUT2D eigenvalue weighted by Crippen LogP contribution is 2.16. The Labute approximate surface area is 196 Å². The second kappa shape index (κ2) is 10.4. The van der Waals surface area contributed by atoms with Crippen molar-refractivity contribution in [3.8, 4) is 5.75 Å². The van der Waals surface area contributed by atoms with Crippen LogP contribution < -0.4 is 21.0 Å². The number of anilines is 2. The van der Waals surface area contributed by atoms with Gasteiger partial charge in [-0.05, 0) is 60.0 Å². The van der Waals surface area contributed by atoms with Gasteiger partial charge in [0.05, 0.1) is 23.7 Å². The Morgan fingerprint density at radius 2 is 1.88 bits per heavy atom. The third-order valence-electron chi connectivity index (χ3n) is 4.84. The summed E-state index contributed by atoms with van der Waals surface area (Å²) in [7, 11) is 0. The second-order valence-corrected chi connectivity index (χ2v) is 8.11. The van der Waals surface area contributed by atoms with E-state index in [9.17, 15) is 9.59 Å². The molecule has 0 unspecified atom stereocenters. The molecule has 0 atom stereocenters. The summed E-state index contributed by atoms with van der Waals surface area (Å²) in [6.07, 6.45) is 1.57. The van der Waals surface area contributed by atoms with Gasteiger partial charge in [0.15, 0.2) is 0 Å². The largest absolute Gasteiger partial charge is 0.493 e. The fourth-order valence-electron chi connectivity index (χ4n) is 3.16. The van der Waals surface area contributed by atoms with Gasteiger partial charge in [0, 0.05) is 11.3 Å². The predicted molar refractivity (Wildman–Crippen MR) is 134 cm³/mol. The van der Waals surface area contributed by atoms with Crippen molar-refractivity contribution in [3.63, 3.8) is 0 Å². The van der Waals surface area contributed by atoms with E-state index in [-0.39, 0.29) is 11.5 Å². The molecule has 4 rings (SSSR count). The van der Waals surface area contributed by atoms with Crippen molar-refractivity contribution in [2.45, 2.75) is 13.8 Å². The standard InChI is InChI=1S/C26H25N5O3/c1-17(2)16-34-21-7-5-6-18(14-21)15-27-31-24(32)19-10-12-20(13-11-19)28-26-29-23-9-4-3-8-22(23)25(33)30-26/h3-15,17H,16H2,1-2H3,(H,31,32)(H2,28,29,30,33)/b27-15-. The lowest BCUT2D eigenvalue weighted by Crippen LogP contribution is -2.17. The van der Waals surface area contributed by atoms with E-state index in [2.05, 4.69) is 39.7 Å². The van der Waals surface area contributed by atoms with E-state index in [4.69, 9.17) is 4.74 Å². The van der Waals surface area contributed by atoms with Crippen LogP contribution in [-0.4, -0.2) is 28.7 Å². The molecule has 1 heterocycles. The number of nitrogens with zero attached hydrogens (tertiary/aromatic N) is 2. The van der Waals surface area contributed by atoms with Gasteiger partial charge in [-0.1, -0.05) is 38.1 Å². The molecule has 0 aliphatic carbocycles. The van der Waals surface area contributed by atoms with Crippen LogP contribution in [0.3, 0.4) is 0 Å². The monoisotopic (exact) mass is 455 g/mol. The third kappa shape index (κ3) is 5.86. The first-order valence-electron chi connectivity index (χ1n) is 10.9. The van der Waals surface area contributed by atoms with Gasteiger partial charge in [0.2, 0.25) is 5.95 Å². The van der Waals surface area contributed by atoms with Crippen LogP contribution in [0.2, 0.25) is 0 Å². The number of hydrazone groups is 1. The quantitative estimate of drug-likeness (QED) is 0.268. The molecule has 0 aliphatic heterocycles. The Balaban J connectivity index is 1.36. The molecule has 3 N–H and O–H groups in total. The van der Waals surface area contributed by atoms with E-state index in [0.29, 0.717) is 40.6 Å². The molecule has 8 heteroatoms. The number of aromatic nitrogens is 2. The number of hydrogen-bond acceptors (Lipinski definition) is 6. The molecule has 0 saturated heterocycles. The van der Waals surface area contributed by atoms with Crippen LogP contribution >= 0.6 is 0 Å². The van der Waals surface area contributed by atoms with Crippen molar-refractivity contribution in [3.05, 3.63) is 94.3 Å². The van der Waals surface area contributed by atoms with E-state index in [1.54, 1.807) is 48.7 Å². The van der Waals surface area contributed by atoms with E-state index in [1.165, 1.54) is 0 Å². The van der Waals surface area contributed by atoms with Crippen LogP contribution in [0.25, 0.3) is 10.9 Å². The van der Waals surface area contributed by atoms with Gasteiger partial charge in [-0.3, -0.25) is 14.6 Å². The number of benzene rings is 3. The summed E-state index contributed by atoms with van der Waals surface area (Å²) < 4.78 is 5.71. The minimum Gasteiger partial charge on any atom is -0.493 e. The van der Waals surface area contributed by atoms with Gasteiger partial charge >= 0.3 is 0 Å². The van der Waals surface area contributed by atoms with Crippen molar-refractivity contribution in [2.75, 3.05) is 11.9 Å². The molecule has 8 nitrogen and oxygen atoms in total. The maximum atomic E-state index is 12.4. The number of carbonyl (C=O) groups is 1. The number of H-pyrrole nitrogens is 1. The molecule has 34 heavy (non-hydrogen) atoms. The summed E-state index contributed by atoms with van der Waals surface area (Å²) in [5.41, 5.74) is 4.83. The van der Waals surface area contributed by atoms with E-state index in [0.717, 1.165) is 11.3 Å². The Morgan fingerprint density at radius 1 is 1.09 bits per heavy atom. The summed E-state index contributed by atoms with van der Waals surface area (Å²) in [6, 6.07) is 21.4. The Bertz CT molecular complexity index is 1380. The summed E-state index contributed by atoms with van der Waals surface area (Å²) >= 11 is 0. The van der Waals surface area contributed by atoms with Crippen LogP contribution in [0.15, 0.2) is 82.7 Å². The summed E-state index contributed by atoms with van der Waals surface area (Å²) in [6.45, 7) is 4.81. The summed E-state index contributed by atoms with van der Waals surface area (Å²) in [5.74, 6) is 1.18. The minimum absolute atomic E-state index is 0.223. The number of para-hydroxylation sites is 1. The first kappa shape index (κ1) is 22.7. The summed E-state index contributed by atoms with van der Waals surface area (Å²) in [4.78, 5) is 31.7. The van der Waals surface area contributed by atoms with Crippen molar-refractivity contribution < 1.29 is 9.53 Å². The van der Waals surface area contributed by atoms with Gasteiger partial charge in [-0.15, -0.1) is 0 Å². The zero-order valence-electron chi connectivity index (χ0n) is 18.9. The Hall–Kier alpha value is -4.46. The molecule has 0 fully saturated rings. The minimum atomic E-state index is -0.341. The SMILES string of the molecule is CC(C)COc1cccc(/C=N\NC(=O)c2ccc(Nc3nc4ccccc4c(=O)[nH]3)cc2)c1. The highest BCUT2D eigenvalue weighted by atomic mass is 16.5. The number of nitrogens with one attached hydrogen (secondary N) is 3. The van der Waals surface area contributed by atoms with Crippen molar-refractivity contribution >= 4 is 34.7 Å². The third-order valence-corrected chi connectivity index (χ3v) is 4.84. The molecular weight excluding hydrogens is 430 g/mol. The smallest absolute Gasteiger partial charge is 0.271 e. The molecule has 1 amide bonds. The fraction of sp³-hybridized carbons (Fsp3) is 0.154. The molecular formula is C26H25N5O3. The average Bonchev–Trinajstić information content (AvgIpc) is 2.83. The normalized spacial score (nSPS) is 11.1. The molecule has 0 spiro atoms. The van der Waals surface area contributed by atoms with E-state index >= 15 is 0 Å².